The molecule has 3 aromatic rings. The van der Waals surface area contributed by atoms with Crippen molar-refractivity contribution in [1.82, 2.24) is 0 Å². The van der Waals surface area contributed by atoms with Gasteiger partial charge in [0, 0.05) is 16.8 Å². The summed E-state index contributed by atoms with van der Waals surface area (Å²) in [6, 6.07) is 13.2. The van der Waals surface area contributed by atoms with Crippen LogP contribution in [0.2, 0.25) is 10.0 Å². The molecule has 0 saturated heterocycles. The number of benzene rings is 2. The highest BCUT2D eigenvalue weighted by Crippen LogP contribution is 2.30. The number of hydrogen-bond donors (Lipinski definition) is 2. The third-order valence-electron chi connectivity index (χ3n) is 4.03. The van der Waals surface area contributed by atoms with Crippen LogP contribution in [0, 0.1) is 0 Å². The van der Waals surface area contributed by atoms with Gasteiger partial charge < -0.3 is 20.1 Å². The number of hydrogen-bond acceptors (Lipinski definition) is 5. The number of anilines is 2. The Morgan fingerprint density at radius 2 is 1.83 bits per heavy atom. The molecule has 156 valence electrons. The Bertz CT molecular complexity index is 1060. The van der Waals surface area contributed by atoms with Crippen molar-refractivity contribution in [2.75, 3.05) is 17.7 Å². The molecule has 1 heterocycles. The van der Waals surface area contributed by atoms with Crippen molar-refractivity contribution in [2.45, 2.75) is 13.0 Å². The summed E-state index contributed by atoms with van der Waals surface area (Å²) in [7, 11) is 1.48. The van der Waals surface area contributed by atoms with Crippen LogP contribution >= 0.6 is 34.5 Å². The SMILES string of the molecule is COc1cc(NC(=O)[C@H](C)Oc2ccc(Cl)cc2Cl)ccc1NC(=O)c1cccs1. The highest BCUT2D eigenvalue weighted by atomic mass is 35.5. The van der Waals surface area contributed by atoms with Gasteiger partial charge in [0.15, 0.2) is 6.10 Å². The minimum absolute atomic E-state index is 0.234. The van der Waals surface area contributed by atoms with Crippen molar-refractivity contribution in [3.63, 3.8) is 0 Å². The predicted molar refractivity (Wildman–Crippen MR) is 120 cm³/mol. The molecule has 6 nitrogen and oxygen atoms in total. The van der Waals surface area contributed by atoms with Gasteiger partial charge in [-0.15, -0.1) is 11.3 Å². The lowest BCUT2D eigenvalue weighted by Gasteiger charge is -2.17. The highest BCUT2D eigenvalue weighted by Gasteiger charge is 2.18. The summed E-state index contributed by atoms with van der Waals surface area (Å²) in [4.78, 5) is 25.3. The zero-order chi connectivity index (χ0) is 21.7. The van der Waals surface area contributed by atoms with Crippen molar-refractivity contribution in [2.24, 2.45) is 0 Å². The Morgan fingerprint density at radius 3 is 2.50 bits per heavy atom. The van der Waals surface area contributed by atoms with Crippen LogP contribution in [0.5, 0.6) is 11.5 Å². The number of halogens is 2. The lowest BCUT2D eigenvalue weighted by Crippen LogP contribution is -2.30. The molecule has 2 amide bonds. The zero-order valence-electron chi connectivity index (χ0n) is 16.1. The Morgan fingerprint density at radius 1 is 1.03 bits per heavy atom. The number of amides is 2. The maximum Gasteiger partial charge on any atom is 0.265 e. The van der Waals surface area contributed by atoms with Crippen LogP contribution in [-0.4, -0.2) is 25.0 Å². The normalized spacial score (nSPS) is 11.5. The molecule has 0 fully saturated rings. The molecule has 0 aliphatic rings. The standard InChI is InChI=1S/C21H18Cl2N2O4S/c1-12(29-17-8-5-13(22)10-15(17)23)20(26)24-14-6-7-16(18(11-14)28-2)25-21(27)19-4-3-9-30-19/h3-12H,1-2H3,(H,24,26)(H,25,27)/t12-/m0/s1. The number of methoxy groups -OCH3 is 1. The van der Waals surface area contributed by atoms with E-state index in [1.807, 2.05) is 5.38 Å². The molecule has 0 unspecified atom stereocenters. The Balaban J connectivity index is 1.66. The second kappa shape index (κ2) is 9.84. The summed E-state index contributed by atoms with van der Waals surface area (Å²) in [5.74, 6) is 0.153. The fraction of sp³-hybridized carbons (Fsp3) is 0.143. The topological polar surface area (TPSA) is 76.7 Å². The van der Waals surface area contributed by atoms with Crippen LogP contribution in [0.25, 0.3) is 0 Å². The molecule has 0 saturated carbocycles. The molecule has 3 rings (SSSR count). The van der Waals surface area contributed by atoms with Gasteiger partial charge in [-0.05, 0) is 48.7 Å². The number of carbonyl (C=O) groups excluding carboxylic acids is 2. The third-order valence-corrected chi connectivity index (χ3v) is 5.43. The predicted octanol–water partition coefficient (Wildman–Crippen LogP) is 5.72. The number of carbonyl (C=O) groups is 2. The number of thiophene rings is 1. The van der Waals surface area contributed by atoms with Gasteiger partial charge >= 0.3 is 0 Å². The second-order valence-corrected chi connectivity index (χ2v) is 7.96. The van der Waals surface area contributed by atoms with E-state index >= 15 is 0 Å². The fourth-order valence-electron chi connectivity index (χ4n) is 2.52. The van der Waals surface area contributed by atoms with Gasteiger partial charge in [-0.2, -0.15) is 0 Å². The molecule has 0 spiro atoms. The lowest BCUT2D eigenvalue weighted by atomic mass is 10.2. The maximum atomic E-state index is 12.5. The van der Waals surface area contributed by atoms with Gasteiger partial charge in [0.1, 0.15) is 11.5 Å². The van der Waals surface area contributed by atoms with E-state index in [2.05, 4.69) is 10.6 Å². The third kappa shape index (κ3) is 5.44. The molecule has 0 bridgehead atoms. The molecule has 2 N–H and O–H groups in total. The fourth-order valence-corrected chi connectivity index (χ4v) is 3.59. The van der Waals surface area contributed by atoms with Gasteiger partial charge in [0.25, 0.3) is 11.8 Å². The molecule has 0 radical (unpaired) electrons. The first-order chi connectivity index (χ1) is 14.4. The van der Waals surface area contributed by atoms with Crippen molar-refractivity contribution in [1.29, 1.82) is 0 Å². The lowest BCUT2D eigenvalue weighted by molar-refractivity contribution is -0.122. The Hall–Kier alpha value is -2.74. The molecular weight excluding hydrogens is 447 g/mol. The number of rotatable bonds is 7. The molecular formula is C21H18Cl2N2O4S. The molecule has 1 atom stereocenters. The van der Waals surface area contributed by atoms with Gasteiger partial charge in [0.05, 0.1) is 22.7 Å². The van der Waals surface area contributed by atoms with Gasteiger partial charge in [-0.25, -0.2) is 0 Å². The van der Waals surface area contributed by atoms with Gasteiger partial charge in [-0.1, -0.05) is 29.3 Å². The van der Waals surface area contributed by atoms with E-state index in [1.54, 1.807) is 49.4 Å². The molecule has 9 heteroatoms. The monoisotopic (exact) mass is 464 g/mol. The molecule has 0 aliphatic heterocycles. The van der Waals surface area contributed by atoms with Crippen LogP contribution in [-0.2, 0) is 4.79 Å². The quantitative estimate of drug-likeness (QED) is 0.468. The van der Waals surface area contributed by atoms with Crippen molar-refractivity contribution >= 4 is 57.7 Å². The van der Waals surface area contributed by atoms with Gasteiger partial charge in [-0.3, -0.25) is 9.59 Å². The zero-order valence-corrected chi connectivity index (χ0v) is 18.4. The van der Waals surface area contributed by atoms with Crippen LogP contribution in [0.3, 0.4) is 0 Å². The summed E-state index contributed by atoms with van der Waals surface area (Å²) in [6.45, 7) is 1.60. The maximum absolute atomic E-state index is 12.5. The van der Waals surface area contributed by atoms with Crippen molar-refractivity contribution in [3.8, 4) is 11.5 Å². The first kappa shape index (κ1) is 22.0. The van der Waals surface area contributed by atoms with Crippen LogP contribution in [0.1, 0.15) is 16.6 Å². The molecule has 30 heavy (non-hydrogen) atoms. The first-order valence-electron chi connectivity index (χ1n) is 8.83. The largest absolute Gasteiger partial charge is 0.494 e. The van der Waals surface area contributed by atoms with E-state index in [0.29, 0.717) is 37.8 Å². The molecule has 0 aliphatic carbocycles. The van der Waals surface area contributed by atoms with E-state index in [4.69, 9.17) is 32.7 Å². The highest BCUT2D eigenvalue weighted by molar-refractivity contribution is 7.12. The number of ether oxygens (including phenoxy) is 2. The molecule has 2 aromatic carbocycles. The van der Waals surface area contributed by atoms with E-state index in [9.17, 15) is 9.59 Å². The van der Waals surface area contributed by atoms with E-state index in [0.717, 1.165) is 0 Å². The first-order valence-corrected chi connectivity index (χ1v) is 10.5. The minimum Gasteiger partial charge on any atom is -0.494 e. The summed E-state index contributed by atoms with van der Waals surface area (Å²) in [5.41, 5.74) is 0.981. The smallest absolute Gasteiger partial charge is 0.265 e. The Labute approximate surface area is 187 Å². The minimum atomic E-state index is -0.812. The summed E-state index contributed by atoms with van der Waals surface area (Å²) in [5, 5.41) is 8.16. The second-order valence-electron chi connectivity index (χ2n) is 6.17. The molecule has 1 aromatic heterocycles. The average Bonchev–Trinajstić information content (AvgIpc) is 3.26. The van der Waals surface area contributed by atoms with Crippen LogP contribution < -0.4 is 20.1 Å². The van der Waals surface area contributed by atoms with E-state index < -0.39 is 6.10 Å². The summed E-state index contributed by atoms with van der Waals surface area (Å²) < 4.78 is 11.0. The van der Waals surface area contributed by atoms with Crippen LogP contribution in [0.15, 0.2) is 53.9 Å². The van der Waals surface area contributed by atoms with Crippen LogP contribution in [0.4, 0.5) is 11.4 Å². The van der Waals surface area contributed by atoms with E-state index in [1.165, 1.54) is 24.5 Å². The average molecular weight is 465 g/mol. The Kier molecular flexibility index (Phi) is 7.20. The van der Waals surface area contributed by atoms with Crippen molar-refractivity contribution in [3.05, 3.63) is 68.8 Å². The van der Waals surface area contributed by atoms with Gasteiger partial charge in [0.2, 0.25) is 0 Å². The summed E-state index contributed by atoms with van der Waals surface area (Å²) in [6.07, 6.45) is -0.812. The van der Waals surface area contributed by atoms with E-state index in [-0.39, 0.29) is 11.8 Å². The summed E-state index contributed by atoms with van der Waals surface area (Å²) >= 11 is 13.3. The number of nitrogens with one attached hydrogen (secondary N) is 2. The van der Waals surface area contributed by atoms with Crippen molar-refractivity contribution < 1.29 is 19.1 Å².